The average molecular weight is 550 g/mol. The lowest BCUT2D eigenvalue weighted by Crippen LogP contribution is -2.36. The summed E-state index contributed by atoms with van der Waals surface area (Å²) < 4.78 is 61.3. The minimum atomic E-state index is -4.49. The first-order chi connectivity index (χ1) is 18.9. The number of halogens is 4. The Morgan fingerprint density at radius 3 is 2.40 bits per heavy atom. The van der Waals surface area contributed by atoms with E-state index >= 15 is 0 Å². The fourth-order valence-corrected chi connectivity index (χ4v) is 6.13. The molecule has 0 saturated carbocycles. The Morgan fingerprint density at radius 1 is 0.925 bits per heavy atom. The Hall–Kier alpha value is -3.65. The average Bonchev–Trinajstić information content (AvgIpc) is 3.17. The van der Waals surface area contributed by atoms with Crippen molar-refractivity contribution < 1.29 is 22.3 Å². The lowest BCUT2D eigenvalue weighted by atomic mass is 9.87. The molecule has 0 spiro atoms. The summed E-state index contributed by atoms with van der Waals surface area (Å²) in [6.07, 6.45) is -4.49. The van der Waals surface area contributed by atoms with Crippen LogP contribution in [0.4, 0.5) is 34.6 Å². The van der Waals surface area contributed by atoms with Crippen LogP contribution >= 0.6 is 0 Å². The zero-order valence-electron chi connectivity index (χ0n) is 23.0. The van der Waals surface area contributed by atoms with Gasteiger partial charge in [0, 0.05) is 53.4 Å². The van der Waals surface area contributed by atoms with E-state index in [4.69, 9.17) is 9.72 Å². The number of hydrogen-bond donors (Lipinski definition) is 0. The van der Waals surface area contributed by atoms with Crippen LogP contribution in [0.15, 0.2) is 54.6 Å². The van der Waals surface area contributed by atoms with Gasteiger partial charge >= 0.3 is 6.18 Å². The van der Waals surface area contributed by atoms with E-state index in [9.17, 15) is 17.6 Å². The maximum Gasteiger partial charge on any atom is 0.416 e. The van der Waals surface area contributed by atoms with Gasteiger partial charge in [-0.25, -0.2) is 9.37 Å². The van der Waals surface area contributed by atoms with E-state index in [0.29, 0.717) is 42.1 Å². The van der Waals surface area contributed by atoms with E-state index in [2.05, 4.69) is 41.8 Å². The van der Waals surface area contributed by atoms with E-state index in [1.165, 1.54) is 17.7 Å². The predicted octanol–water partition coefficient (Wildman–Crippen LogP) is 7.94. The van der Waals surface area contributed by atoms with Crippen LogP contribution in [0.5, 0.6) is 0 Å². The summed E-state index contributed by atoms with van der Waals surface area (Å²) in [5.41, 5.74) is 5.65. The number of morpholine rings is 1. The lowest BCUT2D eigenvalue weighted by Gasteiger charge is -2.30. The molecule has 0 unspecified atom stereocenters. The smallest absolute Gasteiger partial charge is 0.378 e. The molecule has 3 heterocycles. The zero-order chi connectivity index (χ0) is 28.4. The van der Waals surface area contributed by atoms with Gasteiger partial charge in [0.1, 0.15) is 5.82 Å². The van der Waals surface area contributed by atoms with Gasteiger partial charge in [-0.15, -0.1) is 0 Å². The fraction of sp³-hybridized carbons (Fsp3) is 0.344. The molecule has 3 aromatic carbocycles. The van der Waals surface area contributed by atoms with Crippen LogP contribution < -0.4 is 9.80 Å². The minimum Gasteiger partial charge on any atom is -0.378 e. The van der Waals surface area contributed by atoms with Crippen LogP contribution in [0.1, 0.15) is 36.1 Å². The summed E-state index contributed by atoms with van der Waals surface area (Å²) in [4.78, 5) is 9.27. The van der Waals surface area contributed by atoms with Crippen molar-refractivity contribution in [3.63, 3.8) is 0 Å². The Bertz CT molecular complexity index is 1620. The standard InChI is InChI=1S/C32H31F4N3O/c1-19-13-21(15-22(14-19)32(34,35)36)29-20(2)30(25-7-5-23(33)16-27(25)37-29)39-18-31(3,4)26-8-6-24(17-28(26)39)38-9-11-40-12-10-38/h5-8,13-17H,9-12,18H2,1-4H3. The van der Waals surface area contributed by atoms with Crippen molar-refractivity contribution in [1.29, 1.82) is 0 Å². The molecule has 4 nitrogen and oxygen atoms in total. The number of ether oxygens (including phenoxy) is 1. The SMILES string of the molecule is Cc1cc(-c2nc3cc(F)ccc3c(N3CC(C)(C)c4ccc(N5CCOCC5)cc43)c2C)cc(C(F)(F)F)c1. The molecule has 40 heavy (non-hydrogen) atoms. The summed E-state index contributed by atoms with van der Waals surface area (Å²) in [7, 11) is 0. The van der Waals surface area contributed by atoms with Crippen LogP contribution in [0.25, 0.3) is 22.2 Å². The maximum atomic E-state index is 14.5. The molecule has 8 heteroatoms. The zero-order valence-corrected chi connectivity index (χ0v) is 23.0. The number of pyridine rings is 1. The normalized spacial score (nSPS) is 17.0. The second kappa shape index (κ2) is 9.47. The molecule has 0 atom stereocenters. The van der Waals surface area contributed by atoms with Gasteiger partial charge in [0.25, 0.3) is 0 Å². The predicted molar refractivity (Wildman–Crippen MR) is 151 cm³/mol. The van der Waals surface area contributed by atoms with E-state index in [0.717, 1.165) is 53.2 Å². The minimum absolute atomic E-state index is 0.187. The molecule has 0 radical (unpaired) electrons. The highest BCUT2D eigenvalue weighted by Gasteiger charge is 2.38. The summed E-state index contributed by atoms with van der Waals surface area (Å²) in [5.74, 6) is -0.447. The molecular formula is C32H31F4N3O. The van der Waals surface area contributed by atoms with Crippen LogP contribution in [0, 0.1) is 19.7 Å². The first-order valence-corrected chi connectivity index (χ1v) is 13.5. The molecule has 208 valence electrons. The Kier molecular flexibility index (Phi) is 6.29. The molecule has 0 bridgehead atoms. The largest absolute Gasteiger partial charge is 0.416 e. The summed E-state index contributed by atoms with van der Waals surface area (Å²) in [6, 6.07) is 15.0. The van der Waals surface area contributed by atoms with Crippen LogP contribution in [0.3, 0.4) is 0 Å². The van der Waals surface area contributed by atoms with Crippen molar-refractivity contribution in [2.45, 2.75) is 39.3 Å². The first-order valence-electron chi connectivity index (χ1n) is 13.5. The first kappa shape index (κ1) is 26.6. The van der Waals surface area contributed by atoms with Gasteiger partial charge in [-0.3, -0.25) is 0 Å². The van der Waals surface area contributed by atoms with Crippen molar-refractivity contribution in [3.8, 4) is 11.3 Å². The highest BCUT2D eigenvalue weighted by molar-refractivity contribution is 6.00. The number of anilines is 3. The van der Waals surface area contributed by atoms with Gasteiger partial charge < -0.3 is 14.5 Å². The quantitative estimate of drug-likeness (QED) is 0.243. The number of benzene rings is 3. The summed E-state index contributed by atoms with van der Waals surface area (Å²) >= 11 is 0. The molecule has 2 aliphatic heterocycles. The monoisotopic (exact) mass is 549 g/mol. The highest BCUT2D eigenvalue weighted by Crippen LogP contribution is 2.49. The number of fused-ring (bicyclic) bond motifs is 2. The molecule has 4 aromatic rings. The van der Waals surface area contributed by atoms with E-state index in [1.54, 1.807) is 19.1 Å². The van der Waals surface area contributed by atoms with Crippen molar-refractivity contribution in [1.82, 2.24) is 4.98 Å². The number of aryl methyl sites for hydroxylation is 1. The van der Waals surface area contributed by atoms with Crippen molar-refractivity contribution in [2.24, 2.45) is 0 Å². The Labute approximate surface area is 231 Å². The van der Waals surface area contributed by atoms with Gasteiger partial charge in [0.05, 0.1) is 35.7 Å². The molecule has 2 aliphatic rings. The van der Waals surface area contributed by atoms with Crippen molar-refractivity contribution in [2.75, 3.05) is 42.6 Å². The molecular weight excluding hydrogens is 518 g/mol. The molecule has 1 fully saturated rings. The van der Waals surface area contributed by atoms with Crippen LogP contribution in [0.2, 0.25) is 0 Å². The van der Waals surface area contributed by atoms with E-state index in [1.807, 2.05) is 6.92 Å². The molecule has 0 N–H and O–H groups in total. The number of rotatable bonds is 3. The van der Waals surface area contributed by atoms with Gasteiger partial charge in [0.15, 0.2) is 0 Å². The lowest BCUT2D eigenvalue weighted by molar-refractivity contribution is -0.137. The third-order valence-electron chi connectivity index (χ3n) is 8.04. The number of hydrogen-bond acceptors (Lipinski definition) is 4. The molecule has 6 rings (SSSR count). The molecule has 1 aromatic heterocycles. The molecule has 0 amide bonds. The number of nitrogens with zero attached hydrogens (tertiary/aromatic N) is 3. The number of alkyl halides is 3. The second-order valence-electron chi connectivity index (χ2n) is 11.5. The van der Waals surface area contributed by atoms with Crippen LogP contribution in [-0.2, 0) is 16.3 Å². The third-order valence-corrected chi connectivity index (χ3v) is 8.04. The highest BCUT2D eigenvalue weighted by atomic mass is 19.4. The van der Waals surface area contributed by atoms with Gasteiger partial charge in [-0.05, 0) is 73.0 Å². The summed E-state index contributed by atoms with van der Waals surface area (Å²) in [6.45, 7) is 11.5. The van der Waals surface area contributed by atoms with Gasteiger partial charge in [0.2, 0.25) is 0 Å². The van der Waals surface area contributed by atoms with E-state index < -0.39 is 17.6 Å². The fourth-order valence-electron chi connectivity index (χ4n) is 6.13. The maximum absolute atomic E-state index is 14.5. The topological polar surface area (TPSA) is 28.6 Å². The van der Waals surface area contributed by atoms with E-state index in [-0.39, 0.29) is 5.41 Å². The third kappa shape index (κ3) is 4.58. The van der Waals surface area contributed by atoms with Crippen molar-refractivity contribution in [3.05, 3.63) is 82.7 Å². The molecule has 0 aliphatic carbocycles. The van der Waals surface area contributed by atoms with Crippen LogP contribution in [-0.4, -0.2) is 37.8 Å². The molecule has 1 saturated heterocycles. The second-order valence-corrected chi connectivity index (χ2v) is 11.5. The number of aromatic nitrogens is 1. The van der Waals surface area contributed by atoms with Crippen molar-refractivity contribution >= 4 is 28.0 Å². The Balaban J connectivity index is 1.58. The Morgan fingerprint density at radius 2 is 1.68 bits per heavy atom. The summed E-state index contributed by atoms with van der Waals surface area (Å²) in [5, 5.41) is 0.756. The van der Waals surface area contributed by atoms with Gasteiger partial charge in [-0.2, -0.15) is 13.2 Å². The van der Waals surface area contributed by atoms with Gasteiger partial charge in [-0.1, -0.05) is 19.9 Å².